The molecule has 2 rings (SSSR count). The van der Waals surface area contributed by atoms with Crippen LogP contribution in [0.15, 0.2) is 47.4 Å². The molecule has 2 aromatic carbocycles. The van der Waals surface area contributed by atoms with Gasteiger partial charge in [0.2, 0.25) is 0 Å². The molecule has 0 amide bonds. The fourth-order valence-electron chi connectivity index (χ4n) is 1.69. The van der Waals surface area contributed by atoms with Crippen LogP contribution in [0, 0.1) is 17.1 Å². The van der Waals surface area contributed by atoms with Crippen LogP contribution in [-0.4, -0.2) is 8.42 Å². The van der Waals surface area contributed by atoms with Crippen molar-refractivity contribution in [2.24, 2.45) is 0 Å². The van der Waals surface area contributed by atoms with Gasteiger partial charge in [0.25, 0.3) is 10.0 Å². The lowest BCUT2D eigenvalue weighted by atomic mass is 10.1. The van der Waals surface area contributed by atoms with Gasteiger partial charge in [0.1, 0.15) is 10.7 Å². The van der Waals surface area contributed by atoms with E-state index in [1.807, 2.05) is 6.07 Å². The molecule has 0 fully saturated rings. The number of halogens is 2. The second-order valence-corrected chi connectivity index (χ2v) is 6.27. The Morgan fingerprint density at radius 1 is 1.19 bits per heavy atom. The lowest BCUT2D eigenvalue weighted by Crippen LogP contribution is -2.13. The Kier molecular flexibility index (Phi) is 4.46. The SMILES string of the molecule is N#CCc1ccc(NS(=O)(=O)c2ccc(F)cc2Cl)cc1. The first kappa shape index (κ1) is 15.3. The molecule has 0 saturated heterocycles. The maximum Gasteiger partial charge on any atom is 0.263 e. The van der Waals surface area contributed by atoms with Crippen molar-refractivity contribution in [1.29, 1.82) is 5.26 Å². The van der Waals surface area contributed by atoms with E-state index in [-0.39, 0.29) is 16.3 Å². The highest BCUT2D eigenvalue weighted by atomic mass is 35.5. The van der Waals surface area contributed by atoms with Crippen LogP contribution in [0.2, 0.25) is 5.02 Å². The van der Waals surface area contributed by atoms with E-state index in [1.54, 1.807) is 24.3 Å². The molecule has 0 spiro atoms. The van der Waals surface area contributed by atoms with Crippen LogP contribution in [0.3, 0.4) is 0 Å². The molecule has 7 heteroatoms. The summed E-state index contributed by atoms with van der Waals surface area (Å²) in [5.74, 6) is -0.611. The van der Waals surface area contributed by atoms with Crippen LogP contribution in [0.1, 0.15) is 5.56 Å². The third-order valence-electron chi connectivity index (χ3n) is 2.67. The van der Waals surface area contributed by atoms with Crippen molar-refractivity contribution in [3.63, 3.8) is 0 Å². The average molecular weight is 325 g/mol. The number of nitrogens with zero attached hydrogens (tertiary/aromatic N) is 1. The summed E-state index contributed by atoms with van der Waals surface area (Å²) in [5, 5.41) is 8.38. The van der Waals surface area contributed by atoms with Crippen LogP contribution >= 0.6 is 11.6 Å². The monoisotopic (exact) mass is 324 g/mol. The summed E-state index contributed by atoms with van der Waals surface area (Å²) in [7, 11) is -3.90. The van der Waals surface area contributed by atoms with Crippen molar-refractivity contribution in [2.75, 3.05) is 4.72 Å². The summed E-state index contributed by atoms with van der Waals surface area (Å²) in [6.07, 6.45) is 0.247. The van der Waals surface area contributed by atoms with Gasteiger partial charge in [-0.05, 0) is 35.9 Å². The zero-order valence-electron chi connectivity index (χ0n) is 10.7. The first-order valence-corrected chi connectivity index (χ1v) is 7.72. The number of anilines is 1. The first-order valence-electron chi connectivity index (χ1n) is 5.86. The van der Waals surface area contributed by atoms with Crippen molar-refractivity contribution in [1.82, 2.24) is 0 Å². The van der Waals surface area contributed by atoms with Crippen molar-refractivity contribution < 1.29 is 12.8 Å². The van der Waals surface area contributed by atoms with E-state index in [0.29, 0.717) is 5.69 Å². The molecule has 0 unspecified atom stereocenters. The molecule has 0 aliphatic rings. The predicted octanol–water partition coefficient (Wildman–Crippen LogP) is 3.35. The zero-order valence-corrected chi connectivity index (χ0v) is 12.2. The van der Waals surface area contributed by atoms with E-state index < -0.39 is 15.8 Å². The molecule has 0 aliphatic heterocycles. The standard InChI is InChI=1S/C14H10ClFN2O2S/c15-13-9-11(16)3-6-14(13)21(19,20)18-12-4-1-10(2-5-12)7-8-17/h1-6,9,18H,7H2. The van der Waals surface area contributed by atoms with Gasteiger partial charge in [-0.25, -0.2) is 12.8 Å². The molecule has 0 radical (unpaired) electrons. The molecule has 0 atom stereocenters. The Morgan fingerprint density at radius 2 is 1.86 bits per heavy atom. The van der Waals surface area contributed by atoms with Crippen LogP contribution in [0.4, 0.5) is 10.1 Å². The molecule has 1 N–H and O–H groups in total. The lowest BCUT2D eigenvalue weighted by Gasteiger charge is -2.09. The number of benzene rings is 2. The van der Waals surface area contributed by atoms with Crippen LogP contribution in [0.5, 0.6) is 0 Å². The Labute approximate surface area is 126 Å². The maximum atomic E-state index is 13.0. The molecule has 21 heavy (non-hydrogen) atoms. The second kappa shape index (κ2) is 6.12. The smallest absolute Gasteiger partial charge is 0.263 e. The third-order valence-corrected chi connectivity index (χ3v) is 4.54. The summed E-state index contributed by atoms with van der Waals surface area (Å²) < 4.78 is 39.6. The summed E-state index contributed by atoms with van der Waals surface area (Å²) in [4.78, 5) is -0.202. The van der Waals surface area contributed by atoms with Gasteiger partial charge >= 0.3 is 0 Å². The average Bonchev–Trinajstić information content (AvgIpc) is 2.40. The number of rotatable bonds is 4. The molecule has 0 bridgehead atoms. The van der Waals surface area contributed by atoms with Crippen molar-refractivity contribution in [3.05, 3.63) is 58.9 Å². The molecule has 0 heterocycles. The third kappa shape index (κ3) is 3.72. The van der Waals surface area contributed by atoms with E-state index in [2.05, 4.69) is 4.72 Å². The van der Waals surface area contributed by atoms with E-state index in [1.165, 1.54) is 0 Å². The fourth-order valence-corrected chi connectivity index (χ4v) is 3.28. The number of hydrogen-bond acceptors (Lipinski definition) is 3. The number of hydrogen-bond donors (Lipinski definition) is 1. The molecule has 0 aliphatic carbocycles. The maximum absolute atomic E-state index is 13.0. The minimum absolute atomic E-state index is 0.191. The van der Waals surface area contributed by atoms with Gasteiger partial charge in [-0.15, -0.1) is 0 Å². The normalized spacial score (nSPS) is 10.9. The van der Waals surface area contributed by atoms with Crippen LogP contribution in [-0.2, 0) is 16.4 Å². The van der Waals surface area contributed by atoms with Crippen molar-refractivity contribution in [2.45, 2.75) is 11.3 Å². The highest BCUT2D eigenvalue weighted by molar-refractivity contribution is 7.92. The Balaban J connectivity index is 2.27. The zero-order chi connectivity index (χ0) is 15.5. The van der Waals surface area contributed by atoms with E-state index in [4.69, 9.17) is 16.9 Å². The van der Waals surface area contributed by atoms with Gasteiger partial charge in [-0.3, -0.25) is 4.72 Å². The van der Waals surface area contributed by atoms with Gasteiger partial charge < -0.3 is 0 Å². The molecule has 0 aromatic heterocycles. The summed E-state index contributed by atoms with van der Waals surface area (Å²) in [6, 6.07) is 11.4. The number of nitrogens with one attached hydrogen (secondary N) is 1. The molecular formula is C14H10ClFN2O2S. The number of nitriles is 1. The molecule has 108 valence electrons. The Hall–Kier alpha value is -2.10. The van der Waals surface area contributed by atoms with E-state index in [9.17, 15) is 12.8 Å². The summed E-state index contributed by atoms with van der Waals surface area (Å²) in [5.41, 5.74) is 1.11. The van der Waals surface area contributed by atoms with E-state index in [0.717, 1.165) is 23.8 Å². The summed E-state index contributed by atoms with van der Waals surface area (Å²) in [6.45, 7) is 0. The topological polar surface area (TPSA) is 70.0 Å². The minimum Gasteiger partial charge on any atom is -0.280 e. The fraction of sp³-hybridized carbons (Fsp3) is 0.0714. The van der Waals surface area contributed by atoms with Gasteiger partial charge in [-0.2, -0.15) is 5.26 Å². The highest BCUT2D eigenvalue weighted by Crippen LogP contribution is 2.24. The largest absolute Gasteiger partial charge is 0.280 e. The van der Waals surface area contributed by atoms with Crippen LogP contribution in [0.25, 0.3) is 0 Å². The van der Waals surface area contributed by atoms with Gasteiger partial charge in [0, 0.05) is 5.69 Å². The van der Waals surface area contributed by atoms with Gasteiger partial charge in [-0.1, -0.05) is 23.7 Å². The lowest BCUT2D eigenvalue weighted by molar-refractivity contribution is 0.600. The highest BCUT2D eigenvalue weighted by Gasteiger charge is 2.18. The van der Waals surface area contributed by atoms with Crippen molar-refractivity contribution >= 4 is 27.3 Å². The van der Waals surface area contributed by atoms with Gasteiger partial charge in [0.05, 0.1) is 17.5 Å². The predicted molar refractivity (Wildman–Crippen MR) is 78.0 cm³/mol. The quantitative estimate of drug-likeness (QED) is 0.937. The second-order valence-electron chi connectivity index (χ2n) is 4.21. The molecule has 0 saturated carbocycles. The molecule has 2 aromatic rings. The number of sulfonamides is 1. The Bertz CT molecular complexity index is 799. The Morgan fingerprint density at radius 3 is 2.43 bits per heavy atom. The molecular weight excluding hydrogens is 315 g/mol. The van der Waals surface area contributed by atoms with Crippen LogP contribution < -0.4 is 4.72 Å². The first-order chi connectivity index (χ1) is 9.92. The van der Waals surface area contributed by atoms with Gasteiger partial charge in [0.15, 0.2) is 0 Å². The minimum atomic E-state index is -3.90. The van der Waals surface area contributed by atoms with Crippen molar-refractivity contribution in [3.8, 4) is 6.07 Å². The summed E-state index contributed by atoms with van der Waals surface area (Å²) >= 11 is 5.75. The van der Waals surface area contributed by atoms with E-state index >= 15 is 0 Å². The molecule has 4 nitrogen and oxygen atoms in total.